The van der Waals surface area contributed by atoms with Crippen molar-refractivity contribution >= 4 is 28.1 Å². The molecule has 1 N–H and O–H groups in total. The first-order valence-corrected chi connectivity index (χ1v) is 9.97. The number of ketones is 1. The van der Waals surface area contributed by atoms with E-state index in [1.54, 1.807) is 19.0 Å². The van der Waals surface area contributed by atoms with Crippen molar-refractivity contribution in [2.24, 2.45) is 0 Å². The van der Waals surface area contributed by atoms with Crippen molar-refractivity contribution < 1.29 is 23.5 Å². The SMILES string of the molecule is [2H]/C(CN(C)C)=C(/[2H])C(=O)Cc1cc2c(Nc3c([2H])c([2H])c(F)c(C)c3[2H])c(C#N)cnc2cc1OC([2H])([2H])C. The van der Waals surface area contributed by atoms with E-state index in [0.29, 0.717) is 0 Å². The van der Waals surface area contributed by atoms with Crippen LogP contribution in [0.15, 0.2) is 48.6 Å². The van der Waals surface area contributed by atoms with Gasteiger partial charge in [0.05, 0.1) is 32.9 Å². The second-order valence-electron chi connectivity index (χ2n) is 7.40. The number of allylic oxidation sites excluding steroid dienone is 1. The molecule has 0 spiro atoms. The van der Waals surface area contributed by atoms with Gasteiger partial charge in [-0.1, -0.05) is 6.05 Å². The van der Waals surface area contributed by atoms with E-state index in [1.807, 2.05) is 6.07 Å². The summed E-state index contributed by atoms with van der Waals surface area (Å²) in [6.07, 6.45) is 0.773. The highest BCUT2D eigenvalue weighted by Crippen LogP contribution is 2.34. The number of hydrogen-bond acceptors (Lipinski definition) is 6. The van der Waals surface area contributed by atoms with Gasteiger partial charge in [-0.15, -0.1) is 0 Å². The van der Waals surface area contributed by atoms with Crippen LogP contribution in [0.4, 0.5) is 15.8 Å². The van der Waals surface area contributed by atoms with Crippen LogP contribution in [-0.2, 0) is 11.2 Å². The molecule has 7 heteroatoms. The third-order valence-corrected chi connectivity index (χ3v) is 4.55. The smallest absolute Gasteiger partial charge is 0.159 e. The summed E-state index contributed by atoms with van der Waals surface area (Å²) < 4.78 is 76.0. The van der Waals surface area contributed by atoms with Gasteiger partial charge in [-0.05, 0) is 63.8 Å². The van der Waals surface area contributed by atoms with E-state index in [-0.39, 0.29) is 63.4 Å². The Hall–Kier alpha value is -3.76. The van der Waals surface area contributed by atoms with E-state index >= 15 is 0 Å². The lowest BCUT2D eigenvalue weighted by molar-refractivity contribution is -0.114. The molecule has 1 aromatic heterocycles. The molecule has 1 heterocycles. The lowest BCUT2D eigenvalue weighted by atomic mass is 10.0. The molecule has 0 aliphatic carbocycles. The second kappa shape index (κ2) is 10.7. The molecule has 170 valence electrons. The largest absolute Gasteiger partial charge is 0.494 e. The molecule has 3 aromatic rings. The van der Waals surface area contributed by atoms with Crippen molar-refractivity contribution in [3.05, 3.63) is 71.1 Å². The molecule has 33 heavy (non-hydrogen) atoms. The van der Waals surface area contributed by atoms with Crippen LogP contribution in [0.3, 0.4) is 0 Å². The Labute approximate surface area is 203 Å². The minimum Gasteiger partial charge on any atom is -0.494 e. The summed E-state index contributed by atoms with van der Waals surface area (Å²) >= 11 is 0. The van der Waals surface area contributed by atoms with Crippen LogP contribution in [0.1, 0.15) is 33.2 Å². The van der Waals surface area contributed by atoms with Gasteiger partial charge in [0, 0.05) is 41.9 Å². The lowest BCUT2D eigenvalue weighted by Gasteiger charge is -2.15. The van der Waals surface area contributed by atoms with Crippen LogP contribution in [0.5, 0.6) is 5.75 Å². The van der Waals surface area contributed by atoms with Gasteiger partial charge in [-0.25, -0.2) is 4.39 Å². The van der Waals surface area contributed by atoms with Crippen LogP contribution in [0.25, 0.3) is 10.9 Å². The van der Waals surface area contributed by atoms with E-state index in [2.05, 4.69) is 10.3 Å². The predicted molar refractivity (Wildman–Crippen MR) is 128 cm³/mol. The number of ether oxygens (including phenoxy) is 1. The van der Waals surface area contributed by atoms with E-state index in [1.165, 1.54) is 25.3 Å². The zero-order chi connectivity index (χ0) is 30.1. The number of carbonyl (C=O) groups is 1. The maximum atomic E-state index is 14.3. The summed E-state index contributed by atoms with van der Waals surface area (Å²) in [6, 6.07) is 2.30. The van der Waals surface area contributed by atoms with Crippen LogP contribution in [0.2, 0.25) is 0 Å². The first-order valence-electron chi connectivity index (χ1n) is 13.5. The van der Waals surface area contributed by atoms with Gasteiger partial charge in [-0.2, -0.15) is 5.26 Å². The topological polar surface area (TPSA) is 78.3 Å². The van der Waals surface area contributed by atoms with Gasteiger partial charge >= 0.3 is 0 Å². The monoisotopic (exact) mass is 453 g/mol. The average Bonchev–Trinajstić information content (AvgIpc) is 2.87. The Morgan fingerprint density at radius 2 is 2.24 bits per heavy atom. The highest BCUT2D eigenvalue weighted by Gasteiger charge is 2.16. The quantitative estimate of drug-likeness (QED) is 0.463. The maximum absolute atomic E-state index is 14.3. The molecule has 0 aliphatic heterocycles. The molecule has 0 radical (unpaired) electrons. The number of anilines is 2. The molecule has 0 aliphatic rings. The normalized spacial score (nSPS) is 15.2. The number of fused-ring (bicyclic) bond motifs is 1. The zero-order valence-electron chi connectivity index (χ0n) is 25.7. The molecule has 0 atom stereocenters. The third kappa shape index (κ3) is 5.93. The van der Waals surface area contributed by atoms with Crippen molar-refractivity contribution in [3.8, 4) is 11.8 Å². The Balaban J connectivity index is 2.26. The van der Waals surface area contributed by atoms with Gasteiger partial charge in [0.1, 0.15) is 17.6 Å². The minimum atomic E-state index is -2.15. The van der Waals surface area contributed by atoms with Gasteiger partial charge in [0.25, 0.3) is 0 Å². The average molecular weight is 454 g/mol. The Morgan fingerprint density at radius 3 is 2.94 bits per heavy atom. The first-order chi connectivity index (χ1) is 18.5. The molecule has 0 saturated carbocycles. The van der Waals surface area contributed by atoms with E-state index in [0.717, 1.165) is 6.92 Å². The molecule has 0 unspecified atom stereocenters. The zero-order valence-corrected chi connectivity index (χ0v) is 18.7. The number of benzene rings is 2. The van der Waals surface area contributed by atoms with Crippen LogP contribution < -0.4 is 10.1 Å². The van der Waals surface area contributed by atoms with Crippen molar-refractivity contribution in [2.45, 2.75) is 20.3 Å². The summed E-state index contributed by atoms with van der Waals surface area (Å²) in [7, 11) is 3.38. The fraction of sp³-hybridized carbons (Fsp3) is 0.269. The van der Waals surface area contributed by atoms with Gasteiger partial charge in [-0.3, -0.25) is 9.78 Å². The molecular weight excluding hydrogens is 419 g/mol. The van der Waals surface area contributed by atoms with Crippen LogP contribution in [-0.4, -0.2) is 42.9 Å². The fourth-order valence-electron chi connectivity index (χ4n) is 3.01. The number of nitriles is 1. The fourth-order valence-corrected chi connectivity index (χ4v) is 3.01. The van der Waals surface area contributed by atoms with E-state index < -0.39 is 42.7 Å². The second-order valence-corrected chi connectivity index (χ2v) is 7.40. The van der Waals surface area contributed by atoms with Crippen LogP contribution >= 0.6 is 0 Å². The Morgan fingerprint density at radius 1 is 1.45 bits per heavy atom. The highest BCUT2D eigenvalue weighted by atomic mass is 19.1. The number of pyridine rings is 1. The van der Waals surface area contributed by atoms with Gasteiger partial charge in [0.15, 0.2) is 5.78 Å². The number of nitrogens with one attached hydrogen (secondary N) is 1. The standard InChI is InChI=1S/C26H27FN4O2/c1-5-33-25-14-24-22(13-18(25)12-21(32)7-6-10-31(3)4)26(19(15-28)16-29-24)30-20-8-9-23(27)17(2)11-20/h6-9,11,13-14,16H,5,10,12H2,1-4H3,(H,29,30)/b7-6+/i5D2,6D,7D,8D,9D,11D. The first kappa shape index (κ1) is 15.9. The van der Waals surface area contributed by atoms with Crippen molar-refractivity contribution in [2.75, 3.05) is 32.5 Å². The van der Waals surface area contributed by atoms with Crippen molar-refractivity contribution in [1.29, 1.82) is 5.26 Å². The number of nitrogens with zero attached hydrogens (tertiary/aromatic N) is 3. The minimum absolute atomic E-state index is 0.0166. The molecule has 0 saturated heterocycles. The molecular formula is C26H27FN4O2. The molecule has 0 fully saturated rings. The third-order valence-electron chi connectivity index (χ3n) is 4.55. The molecule has 3 rings (SSSR count). The van der Waals surface area contributed by atoms with E-state index in [4.69, 9.17) is 14.3 Å². The number of halogens is 1. The molecule has 0 bridgehead atoms. The van der Waals surface area contributed by atoms with Crippen LogP contribution in [0, 0.1) is 24.1 Å². The summed E-state index contributed by atoms with van der Waals surface area (Å²) in [4.78, 5) is 18.8. The molecule has 6 nitrogen and oxygen atoms in total. The summed E-state index contributed by atoms with van der Waals surface area (Å²) in [5.74, 6) is -1.77. The summed E-state index contributed by atoms with van der Waals surface area (Å²) in [6.45, 7) is 0.371. The number of rotatable bonds is 9. The summed E-state index contributed by atoms with van der Waals surface area (Å²) in [5.41, 5.74) is 0.0163. The van der Waals surface area contributed by atoms with Crippen molar-refractivity contribution in [1.82, 2.24) is 9.88 Å². The Bertz CT molecular complexity index is 1550. The van der Waals surface area contributed by atoms with Gasteiger partial charge < -0.3 is 15.0 Å². The predicted octanol–water partition coefficient (Wildman–Crippen LogP) is 4.93. The maximum Gasteiger partial charge on any atom is 0.159 e. The summed E-state index contributed by atoms with van der Waals surface area (Å²) in [5, 5.41) is 12.8. The Kier molecular flexibility index (Phi) is 5.17. The lowest BCUT2D eigenvalue weighted by Crippen LogP contribution is -2.11. The highest BCUT2D eigenvalue weighted by molar-refractivity contribution is 5.98. The van der Waals surface area contributed by atoms with Crippen molar-refractivity contribution in [3.63, 3.8) is 0 Å². The number of aromatic nitrogens is 1. The van der Waals surface area contributed by atoms with E-state index in [9.17, 15) is 14.4 Å². The molecule has 2 aromatic carbocycles. The van der Waals surface area contributed by atoms with Gasteiger partial charge in [0.2, 0.25) is 0 Å². The number of hydrogen-bond donors (Lipinski definition) is 1. The number of likely N-dealkylation sites (N-methyl/N-ethyl adjacent to an activating group) is 1. The number of carbonyl (C=O) groups excluding carboxylic acids is 1. The molecule has 0 amide bonds.